The zero-order valence-electron chi connectivity index (χ0n) is 6.85. The van der Waals surface area contributed by atoms with E-state index in [1.165, 1.54) is 0 Å². The van der Waals surface area contributed by atoms with Gasteiger partial charge in [0, 0.05) is 6.04 Å². The fraction of sp³-hybridized carbons (Fsp3) is 0.778. The number of alkyl halides is 1. The number of nitrogens with two attached hydrogens (primary N) is 1. The quantitative estimate of drug-likeness (QED) is 0.611. The van der Waals surface area contributed by atoms with E-state index in [1.54, 1.807) is 6.08 Å². The third kappa shape index (κ3) is 2.29. The van der Waals surface area contributed by atoms with Gasteiger partial charge in [-0.2, -0.15) is 0 Å². The molecule has 0 atom stereocenters. The van der Waals surface area contributed by atoms with Crippen molar-refractivity contribution in [1.29, 1.82) is 0 Å². The third-order valence-electron chi connectivity index (χ3n) is 2.44. The van der Waals surface area contributed by atoms with Gasteiger partial charge in [0.25, 0.3) is 0 Å². The van der Waals surface area contributed by atoms with E-state index in [4.69, 9.17) is 5.73 Å². The lowest BCUT2D eigenvalue weighted by Gasteiger charge is -2.31. The average molecular weight is 157 g/mol. The second kappa shape index (κ2) is 3.35. The van der Waals surface area contributed by atoms with Crippen LogP contribution in [0.4, 0.5) is 4.39 Å². The minimum atomic E-state index is -0.988. The first-order valence-electron chi connectivity index (χ1n) is 4.22. The molecule has 0 saturated heterocycles. The zero-order chi connectivity index (χ0) is 8.32. The Morgan fingerprint density at radius 2 is 2.09 bits per heavy atom. The lowest BCUT2D eigenvalue weighted by Crippen LogP contribution is -2.35. The van der Waals surface area contributed by atoms with Gasteiger partial charge in [-0.3, -0.25) is 0 Å². The van der Waals surface area contributed by atoms with Gasteiger partial charge in [0.05, 0.1) is 0 Å². The summed E-state index contributed by atoms with van der Waals surface area (Å²) in [6.45, 7) is 3.55. The molecule has 0 aromatic carbocycles. The Labute approximate surface area is 67.5 Å². The summed E-state index contributed by atoms with van der Waals surface area (Å²) in [7, 11) is 0. The van der Waals surface area contributed by atoms with E-state index >= 15 is 0 Å². The van der Waals surface area contributed by atoms with Crippen molar-refractivity contribution in [2.45, 2.75) is 43.8 Å². The number of hydrogen-bond acceptors (Lipinski definition) is 1. The van der Waals surface area contributed by atoms with Gasteiger partial charge in [-0.05, 0) is 32.1 Å². The van der Waals surface area contributed by atoms with Crippen LogP contribution in [0.3, 0.4) is 0 Å². The summed E-state index contributed by atoms with van der Waals surface area (Å²) in [5, 5.41) is 0. The van der Waals surface area contributed by atoms with Crippen molar-refractivity contribution >= 4 is 0 Å². The number of rotatable bonds is 2. The average Bonchev–Trinajstić information content (AvgIpc) is 1.97. The normalized spacial score (nSPS) is 38.5. The monoisotopic (exact) mass is 157 g/mol. The van der Waals surface area contributed by atoms with Gasteiger partial charge in [0.15, 0.2) is 0 Å². The topological polar surface area (TPSA) is 26.0 Å². The van der Waals surface area contributed by atoms with Crippen LogP contribution in [0.15, 0.2) is 12.7 Å². The van der Waals surface area contributed by atoms with Crippen molar-refractivity contribution < 1.29 is 4.39 Å². The molecule has 1 aliphatic rings. The first-order valence-corrected chi connectivity index (χ1v) is 4.22. The van der Waals surface area contributed by atoms with Crippen LogP contribution in [0.2, 0.25) is 0 Å². The number of halogens is 1. The molecule has 1 saturated carbocycles. The molecule has 0 amide bonds. The van der Waals surface area contributed by atoms with E-state index in [-0.39, 0.29) is 6.04 Å². The van der Waals surface area contributed by atoms with Gasteiger partial charge in [-0.1, -0.05) is 6.08 Å². The van der Waals surface area contributed by atoms with E-state index in [2.05, 4.69) is 6.58 Å². The lowest BCUT2D eigenvalue weighted by molar-refractivity contribution is 0.103. The standard InChI is InChI=1S/C9H16FN/c1-2-5-9(10)6-3-8(11)4-7-9/h2,8H,1,3-7,11H2. The maximum Gasteiger partial charge on any atom is 0.114 e. The molecule has 1 rings (SSSR count). The lowest BCUT2D eigenvalue weighted by atomic mass is 9.82. The molecule has 64 valence electrons. The van der Waals surface area contributed by atoms with E-state index < -0.39 is 5.67 Å². The van der Waals surface area contributed by atoms with Gasteiger partial charge >= 0.3 is 0 Å². The summed E-state index contributed by atoms with van der Waals surface area (Å²) < 4.78 is 13.6. The molecule has 0 bridgehead atoms. The van der Waals surface area contributed by atoms with Crippen molar-refractivity contribution in [2.75, 3.05) is 0 Å². The van der Waals surface area contributed by atoms with E-state index in [1.807, 2.05) is 0 Å². The van der Waals surface area contributed by atoms with Crippen molar-refractivity contribution in [3.63, 3.8) is 0 Å². The van der Waals surface area contributed by atoms with Crippen LogP contribution >= 0.6 is 0 Å². The molecule has 1 aliphatic carbocycles. The highest BCUT2D eigenvalue weighted by molar-refractivity contribution is 4.92. The minimum Gasteiger partial charge on any atom is -0.328 e. The molecule has 0 heterocycles. The summed E-state index contributed by atoms with van der Waals surface area (Å²) in [5.41, 5.74) is 4.67. The van der Waals surface area contributed by atoms with Gasteiger partial charge < -0.3 is 5.73 Å². The Kier molecular flexibility index (Phi) is 2.66. The fourth-order valence-electron chi connectivity index (χ4n) is 1.62. The molecular formula is C9H16FN. The van der Waals surface area contributed by atoms with Crippen LogP contribution in [0.25, 0.3) is 0 Å². The Morgan fingerprint density at radius 3 is 2.55 bits per heavy atom. The smallest absolute Gasteiger partial charge is 0.114 e. The second-order valence-corrected chi connectivity index (χ2v) is 3.48. The van der Waals surface area contributed by atoms with Crippen LogP contribution in [0.5, 0.6) is 0 Å². The predicted molar refractivity (Wildman–Crippen MR) is 45.1 cm³/mol. The summed E-state index contributed by atoms with van der Waals surface area (Å²) >= 11 is 0. The van der Waals surface area contributed by atoms with Gasteiger partial charge in [0.1, 0.15) is 5.67 Å². The Balaban J connectivity index is 2.41. The predicted octanol–water partition coefficient (Wildman–Crippen LogP) is 2.17. The highest BCUT2D eigenvalue weighted by Crippen LogP contribution is 2.34. The molecule has 1 fully saturated rings. The summed E-state index contributed by atoms with van der Waals surface area (Å²) in [6, 6.07) is 0.226. The summed E-state index contributed by atoms with van der Waals surface area (Å²) in [6.07, 6.45) is 5.02. The van der Waals surface area contributed by atoms with Gasteiger partial charge in [-0.15, -0.1) is 6.58 Å². The second-order valence-electron chi connectivity index (χ2n) is 3.48. The Bertz CT molecular complexity index is 136. The van der Waals surface area contributed by atoms with Crippen molar-refractivity contribution in [2.24, 2.45) is 5.73 Å². The first-order chi connectivity index (χ1) is 5.16. The van der Waals surface area contributed by atoms with Crippen LogP contribution in [-0.4, -0.2) is 11.7 Å². The molecule has 0 spiro atoms. The van der Waals surface area contributed by atoms with Gasteiger partial charge in [0.2, 0.25) is 0 Å². The maximum absolute atomic E-state index is 13.6. The number of allylic oxidation sites excluding steroid dienone is 1. The van der Waals surface area contributed by atoms with E-state index in [0.717, 1.165) is 12.8 Å². The molecular weight excluding hydrogens is 141 g/mol. The summed E-state index contributed by atoms with van der Waals surface area (Å²) in [4.78, 5) is 0. The van der Waals surface area contributed by atoms with E-state index in [0.29, 0.717) is 19.3 Å². The van der Waals surface area contributed by atoms with Crippen LogP contribution in [0, 0.1) is 0 Å². The minimum absolute atomic E-state index is 0.226. The molecule has 0 aromatic heterocycles. The van der Waals surface area contributed by atoms with Gasteiger partial charge in [-0.25, -0.2) is 4.39 Å². The molecule has 2 N–H and O–H groups in total. The van der Waals surface area contributed by atoms with Crippen LogP contribution < -0.4 is 5.73 Å². The molecule has 2 heteroatoms. The highest BCUT2D eigenvalue weighted by Gasteiger charge is 2.32. The SMILES string of the molecule is C=CCC1(F)CCC(N)CC1. The zero-order valence-corrected chi connectivity index (χ0v) is 6.85. The molecule has 1 nitrogen and oxygen atoms in total. The van der Waals surface area contributed by atoms with E-state index in [9.17, 15) is 4.39 Å². The van der Waals surface area contributed by atoms with Crippen LogP contribution in [0.1, 0.15) is 32.1 Å². The van der Waals surface area contributed by atoms with Crippen molar-refractivity contribution in [1.82, 2.24) is 0 Å². The van der Waals surface area contributed by atoms with Crippen molar-refractivity contribution in [3.8, 4) is 0 Å². The molecule has 0 aliphatic heterocycles. The number of hydrogen-bond donors (Lipinski definition) is 1. The fourth-order valence-corrected chi connectivity index (χ4v) is 1.62. The third-order valence-corrected chi connectivity index (χ3v) is 2.44. The molecule has 0 aromatic rings. The van der Waals surface area contributed by atoms with Crippen molar-refractivity contribution in [3.05, 3.63) is 12.7 Å². The Morgan fingerprint density at radius 1 is 1.55 bits per heavy atom. The van der Waals surface area contributed by atoms with Crippen LogP contribution in [-0.2, 0) is 0 Å². The maximum atomic E-state index is 13.6. The molecule has 0 radical (unpaired) electrons. The molecule has 0 unspecified atom stereocenters. The Hall–Kier alpha value is -0.370. The first kappa shape index (κ1) is 8.72. The highest BCUT2D eigenvalue weighted by atomic mass is 19.1. The molecule has 11 heavy (non-hydrogen) atoms. The summed E-state index contributed by atoms with van der Waals surface area (Å²) in [5.74, 6) is 0. The largest absolute Gasteiger partial charge is 0.328 e.